The van der Waals surface area contributed by atoms with Crippen molar-refractivity contribution in [2.24, 2.45) is 0 Å². The van der Waals surface area contributed by atoms with Crippen LogP contribution in [-0.4, -0.2) is 53.2 Å². The lowest BCUT2D eigenvalue weighted by Crippen LogP contribution is -2.38. The summed E-state index contributed by atoms with van der Waals surface area (Å²) in [4.78, 5) is 39.6. The maximum absolute atomic E-state index is 12.7. The fourth-order valence-corrected chi connectivity index (χ4v) is 3.52. The van der Waals surface area contributed by atoms with Crippen LogP contribution >= 0.6 is 0 Å². The van der Waals surface area contributed by atoms with Crippen LogP contribution in [-0.2, 0) is 19.7 Å². The van der Waals surface area contributed by atoms with Gasteiger partial charge in [0, 0.05) is 23.7 Å². The average molecular weight is 401 g/mol. The Balaban J connectivity index is 1.87. The van der Waals surface area contributed by atoms with Crippen molar-refractivity contribution in [2.45, 2.75) is 45.6 Å². The number of ether oxygens (including phenoxy) is 1. The molecule has 2 N–H and O–H groups in total. The van der Waals surface area contributed by atoms with E-state index in [1.54, 1.807) is 11.0 Å². The van der Waals surface area contributed by atoms with E-state index in [1.807, 2.05) is 32.9 Å². The molecule has 0 saturated heterocycles. The number of hydrogen-bond acceptors (Lipinski definition) is 6. The van der Waals surface area contributed by atoms with Gasteiger partial charge in [0.05, 0.1) is 18.8 Å². The van der Waals surface area contributed by atoms with Crippen LogP contribution in [0.15, 0.2) is 30.0 Å². The van der Waals surface area contributed by atoms with Gasteiger partial charge >= 0.3 is 6.09 Å². The first-order valence-corrected chi connectivity index (χ1v) is 9.53. The van der Waals surface area contributed by atoms with Crippen LogP contribution in [0, 0.1) is 0 Å². The van der Waals surface area contributed by atoms with E-state index < -0.39 is 23.5 Å². The van der Waals surface area contributed by atoms with Gasteiger partial charge in [-0.05, 0) is 38.5 Å². The Bertz CT molecular complexity index is 898. The monoisotopic (exact) mass is 401 g/mol. The maximum Gasteiger partial charge on any atom is 0.414 e. The third kappa shape index (κ3) is 4.12. The summed E-state index contributed by atoms with van der Waals surface area (Å²) >= 11 is 0. The van der Waals surface area contributed by atoms with E-state index in [0.29, 0.717) is 17.9 Å². The number of nitrogens with zero attached hydrogens (tertiary/aromatic N) is 2. The summed E-state index contributed by atoms with van der Waals surface area (Å²) in [5.74, 6) is -0.960. The fraction of sp³-hybridized carbons (Fsp3) is 0.476. The zero-order valence-electron chi connectivity index (χ0n) is 17.4. The Kier molecular flexibility index (Phi) is 5.17. The van der Waals surface area contributed by atoms with Crippen LogP contribution in [0.25, 0.3) is 0 Å². The second-order valence-electron chi connectivity index (χ2n) is 8.88. The van der Waals surface area contributed by atoms with E-state index in [0.717, 1.165) is 10.5 Å². The molecule has 0 radical (unpaired) electrons. The van der Waals surface area contributed by atoms with Crippen molar-refractivity contribution in [1.29, 1.82) is 0 Å². The molecule has 0 spiro atoms. The normalized spacial score (nSPS) is 18.1. The lowest BCUT2D eigenvalue weighted by molar-refractivity contribution is -0.137. The van der Waals surface area contributed by atoms with Gasteiger partial charge in [-0.1, -0.05) is 19.9 Å². The second kappa shape index (κ2) is 7.18. The number of aliphatic hydroxyl groups excluding tert-OH is 1. The van der Waals surface area contributed by atoms with Gasteiger partial charge in [-0.2, -0.15) is 0 Å². The molecule has 0 fully saturated rings. The van der Waals surface area contributed by atoms with Gasteiger partial charge in [-0.15, -0.1) is 0 Å². The number of amides is 3. The summed E-state index contributed by atoms with van der Waals surface area (Å²) in [5.41, 5.74) is 1.55. The highest BCUT2D eigenvalue weighted by atomic mass is 16.6. The number of fused-ring (bicyclic) bond motifs is 1. The molecule has 1 aromatic rings. The molecule has 3 amide bonds. The van der Waals surface area contributed by atoms with Crippen LogP contribution in [0.3, 0.4) is 0 Å². The van der Waals surface area contributed by atoms with Crippen molar-refractivity contribution >= 4 is 29.3 Å². The third-order valence-electron chi connectivity index (χ3n) is 4.80. The topological polar surface area (TPSA) is 99.2 Å². The number of nitrogens with one attached hydrogen (secondary N) is 1. The van der Waals surface area contributed by atoms with E-state index in [-0.39, 0.29) is 24.3 Å². The van der Waals surface area contributed by atoms with E-state index in [1.165, 1.54) is 6.08 Å². The van der Waals surface area contributed by atoms with Crippen molar-refractivity contribution in [3.05, 3.63) is 35.5 Å². The lowest BCUT2D eigenvalue weighted by Gasteiger charge is -2.26. The lowest BCUT2D eigenvalue weighted by atomic mass is 9.87. The van der Waals surface area contributed by atoms with Gasteiger partial charge in [0.15, 0.2) is 0 Å². The number of carbonyl (C=O) groups is 3. The second-order valence-corrected chi connectivity index (χ2v) is 8.88. The standard InChI is InChI=1S/C21H27N3O5/c1-20(2,3)29-19(28)24-12-21(4,5)14-7-6-13(10-16(14)24)22-15-11-17(26)23(8-9-25)18(15)27/h6-7,10-11,22,25H,8-9,12H2,1-5H3. The SMILES string of the molecule is CC(C)(C)OC(=O)N1CC(C)(C)c2ccc(NC3=CC(=O)N(CCO)C3=O)cc21. The van der Waals surface area contributed by atoms with Gasteiger partial charge in [0.2, 0.25) is 0 Å². The van der Waals surface area contributed by atoms with Gasteiger partial charge in [-0.25, -0.2) is 4.79 Å². The summed E-state index contributed by atoms with van der Waals surface area (Å²) in [6, 6.07) is 5.50. The largest absolute Gasteiger partial charge is 0.443 e. The highest BCUT2D eigenvalue weighted by Gasteiger charge is 2.40. The Morgan fingerprint density at radius 3 is 2.59 bits per heavy atom. The number of aliphatic hydroxyl groups is 1. The molecule has 0 aromatic heterocycles. The van der Waals surface area contributed by atoms with Crippen LogP contribution in [0.5, 0.6) is 0 Å². The predicted octanol–water partition coefficient (Wildman–Crippen LogP) is 2.38. The molecule has 0 atom stereocenters. The highest BCUT2D eigenvalue weighted by molar-refractivity contribution is 6.17. The first kappa shape index (κ1) is 20.9. The summed E-state index contributed by atoms with van der Waals surface area (Å²) in [6.07, 6.45) is 0.780. The molecule has 2 aliphatic rings. The van der Waals surface area contributed by atoms with Crippen LogP contribution in [0.2, 0.25) is 0 Å². The van der Waals surface area contributed by atoms with E-state index in [2.05, 4.69) is 19.2 Å². The minimum atomic E-state index is -0.614. The molecule has 156 valence electrons. The number of rotatable bonds is 4. The minimum Gasteiger partial charge on any atom is -0.443 e. The molecule has 29 heavy (non-hydrogen) atoms. The van der Waals surface area contributed by atoms with E-state index in [9.17, 15) is 14.4 Å². The molecule has 0 bridgehead atoms. The Hall–Kier alpha value is -2.87. The van der Waals surface area contributed by atoms with Gasteiger partial charge in [0.25, 0.3) is 11.8 Å². The minimum absolute atomic E-state index is 0.0514. The van der Waals surface area contributed by atoms with E-state index >= 15 is 0 Å². The predicted molar refractivity (Wildman–Crippen MR) is 109 cm³/mol. The Morgan fingerprint density at radius 1 is 1.28 bits per heavy atom. The molecule has 8 heteroatoms. The van der Waals surface area contributed by atoms with E-state index in [4.69, 9.17) is 9.84 Å². The smallest absolute Gasteiger partial charge is 0.414 e. The molecule has 0 unspecified atom stereocenters. The number of anilines is 2. The highest BCUT2D eigenvalue weighted by Crippen LogP contribution is 2.42. The maximum atomic E-state index is 12.7. The molecule has 2 heterocycles. The number of carbonyl (C=O) groups excluding carboxylic acids is 3. The number of benzene rings is 1. The molecular weight excluding hydrogens is 374 g/mol. The summed E-state index contributed by atoms with van der Waals surface area (Å²) in [5, 5.41) is 12.0. The van der Waals surface area contributed by atoms with Crippen molar-refractivity contribution in [3.63, 3.8) is 0 Å². The number of imide groups is 1. The Labute approximate surface area is 170 Å². The first-order chi connectivity index (χ1) is 13.4. The molecule has 3 rings (SSSR count). The molecule has 2 aliphatic heterocycles. The summed E-state index contributed by atoms with van der Waals surface area (Å²) < 4.78 is 5.54. The van der Waals surface area contributed by atoms with Crippen molar-refractivity contribution < 1.29 is 24.2 Å². The molecule has 1 aromatic carbocycles. The molecule has 8 nitrogen and oxygen atoms in total. The molecular formula is C21H27N3O5. The number of hydrogen-bond donors (Lipinski definition) is 2. The van der Waals surface area contributed by atoms with Gasteiger partial charge in [-0.3, -0.25) is 19.4 Å². The van der Waals surface area contributed by atoms with Crippen LogP contribution in [0.4, 0.5) is 16.2 Å². The summed E-state index contributed by atoms with van der Waals surface area (Å²) in [6.45, 7) is 9.69. The van der Waals surface area contributed by atoms with Crippen molar-refractivity contribution in [3.8, 4) is 0 Å². The molecule has 0 aliphatic carbocycles. The number of β-amino-alcohol motifs (C(OH)–C–C–N with tert-alkyl or cyclic N) is 1. The third-order valence-corrected chi connectivity index (χ3v) is 4.80. The van der Waals surface area contributed by atoms with Gasteiger partial charge in [0.1, 0.15) is 11.3 Å². The first-order valence-electron chi connectivity index (χ1n) is 9.53. The van der Waals surface area contributed by atoms with Crippen molar-refractivity contribution in [2.75, 3.05) is 29.9 Å². The zero-order chi connectivity index (χ0) is 21.6. The average Bonchev–Trinajstić information content (AvgIpc) is 3.01. The van der Waals surface area contributed by atoms with Crippen molar-refractivity contribution in [1.82, 2.24) is 4.90 Å². The van der Waals surface area contributed by atoms with Crippen LogP contribution in [0.1, 0.15) is 40.2 Å². The van der Waals surface area contributed by atoms with Gasteiger partial charge < -0.3 is 15.2 Å². The van der Waals surface area contributed by atoms with Crippen LogP contribution < -0.4 is 10.2 Å². The fourth-order valence-electron chi connectivity index (χ4n) is 3.52. The summed E-state index contributed by atoms with van der Waals surface area (Å²) in [7, 11) is 0. The molecule has 0 saturated carbocycles. The Morgan fingerprint density at radius 2 is 1.97 bits per heavy atom. The zero-order valence-corrected chi connectivity index (χ0v) is 17.4. The quantitative estimate of drug-likeness (QED) is 0.752.